The molecule has 1 unspecified atom stereocenters. The van der Waals surface area contributed by atoms with Crippen LogP contribution >= 0.6 is 11.3 Å². The molecule has 0 radical (unpaired) electrons. The van der Waals surface area contributed by atoms with E-state index in [4.69, 9.17) is 0 Å². The molecule has 1 N–H and O–H groups in total. The molecule has 0 aliphatic carbocycles. The van der Waals surface area contributed by atoms with Gasteiger partial charge in [0.2, 0.25) is 0 Å². The van der Waals surface area contributed by atoms with Crippen LogP contribution in [0.5, 0.6) is 0 Å². The number of aromatic nitrogens is 1. The normalized spacial score (nSPS) is 13.3. The van der Waals surface area contributed by atoms with E-state index in [-0.39, 0.29) is 6.10 Å². The minimum absolute atomic E-state index is 0.231. The van der Waals surface area contributed by atoms with Crippen molar-refractivity contribution in [3.63, 3.8) is 0 Å². The van der Waals surface area contributed by atoms with Gasteiger partial charge in [0.05, 0.1) is 11.6 Å². The van der Waals surface area contributed by atoms with Gasteiger partial charge in [0.15, 0.2) is 0 Å². The molecule has 1 aromatic heterocycles. The third-order valence-electron chi connectivity index (χ3n) is 2.59. The van der Waals surface area contributed by atoms with E-state index in [9.17, 15) is 5.11 Å². The van der Waals surface area contributed by atoms with Crippen molar-refractivity contribution < 1.29 is 5.11 Å². The maximum atomic E-state index is 9.81. The Labute approximate surface area is 95.8 Å². The number of nitrogens with zero attached hydrogens (tertiary/aromatic N) is 2. The molecule has 1 aromatic rings. The second-order valence-electron chi connectivity index (χ2n) is 3.64. The van der Waals surface area contributed by atoms with Crippen molar-refractivity contribution in [2.75, 3.05) is 19.6 Å². The number of rotatable bonds is 7. The minimum atomic E-state index is -0.231. The zero-order valence-corrected chi connectivity index (χ0v) is 10.3. The van der Waals surface area contributed by atoms with Crippen molar-refractivity contribution >= 4 is 11.3 Å². The minimum Gasteiger partial charge on any atom is -0.393 e. The zero-order chi connectivity index (χ0) is 11.1. The van der Waals surface area contributed by atoms with E-state index < -0.39 is 0 Å². The molecule has 1 rings (SSSR count). The third-order valence-corrected chi connectivity index (χ3v) is 3.40. The number of hydrogen-bond acceptors (Lipinski definition) is 4. The average molecular weight is 228 g/mol. The maximum absolute atomic E-state index is 9.81. The number of thiazole rings is 1. The van der Waals surface area contributed by atoms with E-state index in [0.717, 1.165) is 32.5 Å². The van der Waals surface area contributed by atoms with E-state index in [0.29, 0.717) is 0 Å². The van der Waals surface area contributed by atoms with Crippen LogP contribution < -0.4 is 0 Å². The zero-order valence-electron chi connectivity index (χ0n) is 9.52. The van der Waals surface area contributed by atoms with Gasteiger partial charge in [-0.25, -0.2) is 0 Å². The second kappa shape index (κ2) is 6.93. The molecule has 15 heavy (non-hydrogen) atoms. The largest absolute Gasteiger partial charge is 0.393 e. The summed E-state index contributed by atoms with van der Waals surface area (Å²) in [5.41, 5.74) is 1.81. The van der Waals surface area contributed by atoms with E-state index in [1.807, 2.05) is 11.7 Å². The van der Waals surface area contributed by atoms with Gasteiger partial charge in [0.25, 0.3) is 0 Å². The van der Waals surface area contributed by atoms with Gasteiger partial charge in [-0.15, -0.1) is 11.3 Å². The summed E-state index contributed by atoms with van der Waals surface area (Å²) in [6.07, 6.45) is 3.20. The van der Waals surface area contributed by atoms with Crippen molar-refractivity contribution in [1.29, 1.82) is 0 Å². The second-order valence-corrected chi connectivity index (χ2v) is 4.61. The Hall–Kier alpha value is -0.450. The van der Waals surface area contributed by atoms with Gasteiger partial charge in [-0.2, -0.15) is 0 Å². The highest BCUT2D eigenvalue weighted by Crippen LogP contribution is 2.10. The standard InChI is InChI=1S/C11H20N2OS/c1-3-13(4-2)6-5-10(14)7-11-8-12-9-15-11/h8-10,14H,3-7H2,1-2H3. The lowest BCUT2D eigenvalue weighted by Crippen LogP contribution is -2.27. The molecule has 0 saturated heterocycles. The van der Waals surface area contributed by atoms with E-state index in [1.54, 1.807) is 11.3 Å². The van der Waals surface area contributed by atoms with Crippen molar-refractivity contribution in [3.8, 4) is 0 Å². The van der Waals surface area contributed by atoms with Crippen molar-refractivity contribution in [1.82, 2.24) is 9.88 Å². The Kier molecular flexibility index (Phi) is 5.83. The van der Waals surface area contributed by atoms with Gasteiger partial charge < -0.3 is 10.0 Å². The van der Waals surface area contributed by atoms with Crippen LogP contribution in [0.2, 0.25) is 0 Å². The van der Waals surface area contributed by atoms with Crippen LogP contribution in [0.3, 0.4) is 0 Å². The fraction of sp³-hybridized carbons (Fsp3) is 0.727. The molecular formula is C11H20N2OS. The predicted molar refractivity (Wildman–Crippen MR) is 64.2 cm³/mol. The lowest BCUT2D eigenvalue weighted by Gasteiger charge is -2.19. The van der Waals surface area contributed by atoms with Crippen LogP contribution in [-0.4, -0.2) is 40.7 Å². The molecule has 0 saturated carbocycles. The molecule has 1 heterocycles. The summed E-state index contributed by atoms with van der Waals surface area (Å²) in [5.74, 6) is 0. The Bertz CT molecular complexity index is 247. The molecule has 0 aliphatic rings. The smallest absolute Gasteiger partial charge is 0.0794 e. The van der Waals surface area contributed by atoms with Crippen LogP contribution in [0.25, 0.3) is 0 Å². The molecule has 0 spiro atoms. The van der Waals surface area contributed by atoms with Crippen LogP contribution in [0.15, 0.2) is 11.7 Å². The first-order chi connectivity index (χ1) is 7.26. The van der Waals surface area contributed by atoms with Gasteiger partial charge >= 0.3 is 0 Å². The van der Waals surface area contributed by atoms with Gasteiger partial charge in [-0.3, -0.25) is 4.98 Å². The van der Waals surface area contributed by atoms with Gasteiger partial charge in [-0.1, -0.05) is 13.8 Å². The molecule has 0 aliphatic heterocycles. The highest BCUT2D eigenvalue weighted by Gasteiger charge is 2.08. The average Bonchev–Trinajstić information content (AvgIpc) is 2.72. The van der Waals surface area contributed by atoms with Crippen molar-refractivity contribution in [3.05, 3.63) is 16.6 Å². The SMILES string of the molecule is CCN(CC)CCC(O)Cc1cncs1. The van der Waals surface area contributed by atoms with Crippen LogP contribution in [-0.2, 0) is 6.42 Å². The molecule has 0 aromatic carbocycles. The number of aliphatic hydroxyl groups excluding tert-OH is 1. The quantitative estimate of drug-likeness (QED) is 0.773. The topological polar surface area (TPSA) is 36.4 Å². The molecule has 0 amide bonds. The molecule has 1 atom stereocenters. The van der Waals surface area contributed by atoms with E-state index in [2.05, 4.69) is 23.7 Å². The molecule has 0 fully saturated rings. The monoisotopic (exact) mass is 228 g/mol. The highest BCUT2D eigenvalue weighted by molar-refractivity contribution is 7.09. The number of hydrogen-bond donors (Lipinski definition) is 1. The maximum Gasteiger partial charge on any atom is 0.0794 e. The molecule has 3 nitrogen and oxygen atoms in total. The summed E-state index contributed by atoms with van der Waals surface area (Å²) in [7, 11) is 0. The first kappa shape index (κ1) is 12.6. The summed E-state index contributed by atoms with van der Waals surface area (Å²) >= 11 is 1.61. The Morgan fingerprint density at radius 1 is 1.47 bits per heavy atom. The van der Waals surface area contributed by atoms with Crippen LogP contribution in [0.1, 0.15) is 25.1 Å². The fourth-order valence-corrected chi connectivity index (χ4v) is 2.22. The van der Waals surface area contributed by atoms with E-state index in [1.165, 1.54) is 4.88 Å². The van der Waals surface area contributed by atoms with Crippen LogP contribution in [0.4, 0.5) is 0 Å². The Morgan fingerprint density at radius 3 is 2.73 bits per heavy atom. The fourth-order valence-electron chi connectivity index (χ4n) is 1.55. The Balaban J connectivity index is 2.21. The van der Waals surface area contributed by atoms with Gasteiger partial charge in [0.1, 0.15) is 0 Å². The van der Waals surface area contributed by atoms with Gasteiger partial charge in [-0.05, 0) is 19.5 Å². The summed E-state index contributed by atoms with van der Waals surface area (Å²) in [6.45, 7) is 7.40. The third kappa shape index (κ3) is 4.73. The van der Waals surface area contributed by atoms with Crippen LogP contribution in [0, 0.1) is 0 Å². The molecule has 4 heteroatoms. The Morgan fingerprint density at radius 2 is 2.20 bits per heavy atom. The molecular weight excluding hydrogens is 208 g/mol. The summed E-state index contributed by atoms with van der Waals surface area (Å²) in [5, 5.41) is 9.81. The molecule has 0 bridgehead atoms. The lowest BCUT2D eigenvalue weighted by atomic mass is 10.1. The summed E-state index contributed by atoms with van der Waals surface area (Å²) in [4.78, 5) is 7.50. The lowest BCUT2D eigenvalue weighted by molar-refractivity contribution is 0.144. The van der Waals surface area contributed by atoms with Crippen molar-refractivity contribution in [2.45, 2.75) is 32.8 Å². The highest BCUT2D eigenvalue weighted by atomic mass is 32.1. The predicted octanol–water partition coefficient (Wildman–Crippen LogP) is 1.78. The van der Waals surface area contributed by atoms with Gasteiger partial charge in [0, 0.05) is 24.0 Å². The summed E-state index contributed by atoms with van der Waals surface area (Å²) in [6, 6.07) is 0. The molecule has 86 valence electrons. The van der Waals surface area contributed by atoms with Crippen molar-refractivity contribution in [2.24, 2.45) is 0 Å². The first-order valence-corrected chi connectivity index (χ1v) is 6.42. The first-order valence-electron chi connectivity index (χ1n) is 5.54. The number of aliphatic hydroxyl groups is 1. The van der Waals surface area contributed by atoms with E-state index >= 15 is 0 Å². The summed E-state index contributed by atoms with van der Waals surface area (Å²) < 4.78 is 0.